The van der Waals surface area contributed by atoms with Gasteiger partial charge < -0.3 is 4.74 Å². The lowest BCUT2D eigenvalue weighted by molar-refractivity contribution is -0.143. The number of carbonyl (C=O) groups excluding carboxylic acids is 1. The first kappa shape index (κ1) is 11.3. The van der Waals surface area contributed by atoms with E-state index in [-0.39, 0.29) is 5.97 Å². The number of carbonyl (C=O) groups is 1. The Balaban J connectivity index is 2.17. The van der Waals surface area contributed by atoms with Crippen LogP contribution >= 0.6 is 0 Å². The molecule has 14 heavy (non-hydrogen) atoms. The van der Waals surface area contributed by atoms with Crippen LogP contribution < -0.4 is 0 Å². The van der Waals surface area contributed by atoms with Crippen LogP contribution in [0.25, 0.3) is 0 Å². The van der Waals surface area contributed by atoms with E-state index in [2.05, 4.69) is 6.08 Å². The summed E-state index contributed by atoms with van der Waals surface area (Å²) in [6.45, 7) is 4.63. The zero-order chi connectivity index (χ0) is 10.4. The van der Waals surface area contributed by atoms with E-state index in [4.69, 9.17) is 4.74 Å². The van der Waals surface area contributed by atoms with Crippen molar-refractivity contribution >= 4 is 5.97 Å². The van der Waals surface area contributed by atoms with Gasteiger partial charge in [-0.2, -0.15) is 0 Å². The quantitative estimate of drug-likeness (QED) is 0.510. The summed E-state index contributed by atoms with van der Waals surface area (Å²) in [5.74, 6) is 0.344. The molecule has 0 N–H and O–H groups in total. The van der Waals surface area contributed by atoms with E-state index in [0.717, 1.165) is 0 Å². The third kappa shape index (κ3) is 4.45. The second kappa shape index (κ2) is 5.84. The molecule has 1 fully saturated rings. The van der Waals surface area contributed by atoms with E-state index in [1.54, 1.807) is 0 Å². The highest BCUT2D eigenvalue weighted by Gasteiger charge is 2.07. The second-order valence-electron chi connectivity index (χ2n) is 4.35. The van der Waals surface area contributed by atoms with Crippen molar-refractivity contribution in [3.63, 3.8) is 0 Å². The Hall–Kier alpha value is -0.790. The number of hydrogen-bond donors (Lipinski definition) is 0. The average Bonchev–Trinajstić information content (AvgIpc) is 2.63. The highest BCUT2D eigenvalue weighted by molar-refractivity contribution is 5.71. The van der Waals surface area contributed by atoms with Crippen molar-refractivity contribution in [2.24, 2.45) is 5.92 Å². The van der Waals surface area contributed by atoms with E-state index >= 15 is 0 Å². The van der Waals surface area contributed by atoms with Crippen molar-refractivity contribution < 1.29 is 9.53 Å². The molecule has 0 aromatic rings. The van der Waals surface area contributed by atoms with Crippen LogP contribution in [0.1, 0.15) is 46.0 Å². The molecule has 0 heterocycles. The second-order valence-corrected chi connectivity index (χ2v) is 4.35. The van der Waals surface area contributed by atoms with E-state index in [1.807, 2.05) is 13.8 Å². The van der Waals surface area contributed by atoms with E-state index < -0.39 is 0 Å². The van der Waals surface area contributed by atoms with Crippen molar-refractivity contribution in [2.45, 2.75) is 46.0 Å². The highest BCUT2D eigenvalue weighted by Crippen LogP contribution is 2.23. The van der Waals surface area contributed by atoms with Crippen LogP contribution in [0.4, 0.5) is 0 Å². The molecule has 0 atom stereocenters. The fourth-order valence-corrected chi connectivity index (χ4v) is 1.58. The fraction of sp³-hybridized carbons (Fsp3) is 0.750. The summed E-state index contributed by atoms with van der Waals surface area (Å²) in [4.78, 5) is 11.2. The van der Waals surface area contributed by atoms with Crippen LogP contribution in [0.5, 0.6) is 0 Å². The Morgan fingerprint density at radius 1 is 1.43 bits per heavy atom. The molecule has 0 bridgehead atoms. The number of rotatable bonds is 4. The molecule has 0 unspecified atom stereocenters. The van der Waals surface area contributed by atoms with Gasteiger partial charge in [0, 0.05) is 0 Å². The Morgan fingerprint density at radius 2 is 2.07 bits per heavy atom. The molecule has 1 rings (SSSR count). The first-order chi connectivity index (χ1) is 6.68. The van der Waals surface area contributed by atoms with Crippen LogP contribution in [0.3, 0.4) is 0 Å². The minimum atomic E-state index is -0.0851. The van der Waals surface area contributed by atoms with Gasteiger partial charge in [-0.3, -0.25) is 4.79 Å². The number of allylic oxidation sites excluding steroid dienone is 1. The zero-order valence-corrected chi connectivity index (χ0v) is 9.21. The molecule has 2 nitrogen and oxygen atoms in total. The summed E-state index contributed by atoms with van der Waals surface area (Å²) in [5, 5.41) is 0. The van der Waals surface area contributed by atoms with E-state index in [9.17, 15) is 4.79 Å². The summed E-state index contributed by atoms with van der Waals surface area (Å²) >= 11 is 0. The van der Waals surface area contributed by atoms with Crippen molar-refractivity contribution in [3.05, 3.63) is 11.6 Å². The molecule has 0 aromatic carbocycles. The first-order valence-corrected chi connectivity index (χ1v) is 5.52. The highest BCUT2D eigenvalue weighted by atomic mass is 16.5. The van der Waals surface area contributed by atoms with Gasteiger partial charge in [-0.1, -0.05) is 25.5 Å². The van der Waals surface area contributed by atoms with Crippen LogP contribution in [0, 0.1) is 5.92 Å². The summed E-state index contributed by atoms with van der Waals surface area (Å²) < 4.78 is 5.08. The lowest BCUT2D eigenvalue weighted by Gasteiger charge is -2.05. The molecular weight excluding hydrogens is 176 g/mol. The summed E-state index contributed by atoms with van der Waals surface area (Å²) in [7, 11) is 0. The Morgan fingerprint density at radius 3 is 2.64 bits per heavy atom. The SMILES string of the molecule is CC(C)COC(=O)CC=C1CCCC1. The average molecular weight is 196 g/mol. The van der Waals surface area contributed by atoms with Crippen molar-refractivity contribution in [1.29, 1.82) is 0 Å². The summed E-state index contributed by atoms with van der Waals surface area (Å²) in [5.41, 5.74) is 1.44. The third-order valence-electron chi connectivity index (χ3n) is 2.38. The van der Waals surface area contributed by atoms with Gasteiger partial charge in [-0.25, -0.2) is 0 Å². The van der Waals surface area contributed by atoms with Crippen LogP contribution in [-0.4, -0.2) is 12.6 Å². The third-order valence-corrected chi connectivity index (χ3v) is 2.38. The van der Waals surface area contributed by atoms with Gasteiger partial charge in [0.05, 0.1) is 13.0 Å². The normalized spacial score (nSPS) is 16.1. The molecule has 1 aliphatic rings. The number of esters is 1. The Bertz CT molecular complexity index is 208. The molecule has 0 saturated heterocycles. The van der Waals surface area contributed by atoms with Gasteiger partial charge in [0.25, 0.3) is 0 Å². The van der Waals surface area contributed by atoms with Gasteiger partial charge in [0.15, 0.2) is 0 Å². The van der Waals surface area contributed by atoms with Gasteiger partial charge in [0.2, 0.25) is 0 Å². The summed E-state index contributed by atoms with van der Waals surface area (Å²) in [6.07, 6.45) is 7.44. The lowest BCUT2D eigenvalue weighted by atomic mass is 10.2. The van der Waals surface area contributed by atoms with Crippen molar-refractivity contribution in [1.82, 2.24) is 0 Å². The first-order valence-electron chi connectivity index (χ1n) is 5.52. The zero-order valence-electron chi connectivity index (χ0n) is 9.21. The summed E-state index contributed by atoms with van der Waals surface area (Å²) in [6, 6.07) is 0. The molecule has 1 aliphatic carbocycles. The predicted molar refractivity (Wildman–Crippen MR) is 57.0 cm³/mol. The molecule has 0 radical (unpaired) electrons. The fourth-order valence-electron chi connectivity index (χ4n) is 1.58. The Kier molecular flexibility index (Phi) is 4.71. The molecule has 1 saturated carbocycles. The number of ether oxygens (including phenoxy) is 1. The monoisotopic (exact) mass is 196 g/mol. The Labute approximate surface area is 86.3 Å². The molecule has 80 valence electrons. The lowest BCUT2D eigenvalue weighted by Crippen LogP contribution is -2.08. The smallest absolute Gasteiger partial charge is 0.309 e. The molecule has 0 aliphatic heterocycles. The van der Waals surface area contributed by atoms with Crippen LogP contribution in [0.2, 0.25) is 0 Å². The maximum absolute atomic E-state index is 11.2. The molecule has 0 aromatic heterocycles. The minimum Gasteiger partial charge on any atom is -0.465 e. The minimum absolute atomic E-state index is 0.0851. The molecule has 0 amide bonds. The standard InChI is InChI=1S/C12H20O2/c1-10(2)9-14-12(13)8-7-11-5-3-4-6-11/h7,10H,3-6,8-9H2,1-2H3. The van der Waals surface area contributed by atoms with Gasteiger partial charge in [-0.05, 0) is 31.6 Å². The van der Waals surface area contributed by atoms with E-state index in [1.165, 1.54) is 31.3 Å². The van der Waals surface area contributed by atoms with Crippen LogP contribution in [-0.2, 0) is 9.53 Å². The number of hydrogen-bond acceptors (Lipinski definition) is 2. The molecular formula is C12H20O2. The largest absolute Gasteiger partial charge is 0.465 e. The van der Waals surface area contributed by atoms with Crippen molar-refractivity contribution in [3.8, 4) is 0 Å². The van der Waals surface area contributed by atoms with Crippen LogP contribution in [0.15, 0.2) is 11.6 Å². The maximum atomic E-state index is 11.2. The van der Waals surface area contributed by atoms with E-state index in [0.29, 0.717) is 18.9 Å². The van der Waals surface area contributed by atoms with Gasteiger partial charge in [-0.15, -0.1) is 0 Å². The molecule has 2 heteroatoms. The molecule has 0 spiro atoms. The van der Waals surface area contributed by atoms with Crippen molar-refractivity contribution in [2.75, 3.05) is 6.61 Å². The van der Waals surface area contributed by atoms with Gasteiger partial charge in [0.1, 0.15) is 0 Å². The predicted octanol–water partition coefficient (Wildman–Crippen LogP) is 3.08. The topological polar surface area (TPSA) is 26.3 Å². The van der Waals surface area contributed by atoms with Gasteiger partial charge >= 0.3 is 5.97 Å². The maximum Gasteiger partial charge on any atom is 0.309 e.